The predicted octanol–water partition coefficient (Wildman–Crippen LogP) is 5.68. The number of thiocarbonyl (C=S) groups is 1. The molecule has 1 aromatic carbocycles. The number of hydrogen-bond donors (Lipinski definition) is 1. The minimum absolute atomic E-state index is 0.0425. The molecular formula is C27H27N5S. The third-order valence-electron chi connectivity index (χ3n) is 6.39. The number of nitrogens with zero attached hydrogens (tertiary/aromatic N) is 4. The number of aromatic nitrogens is 3. The van der Waals surface area contributed by atoms with Crippen LogP contribution in [0.2, 0.25) is 0 Å². The van der Waals surface area contributed by atoms with Crippen molar-refractivity contribution in [2.24, 2.45) is 0 Å². The van der Waals surface area contributed by atoms with Crippen molar-refractivity contribution in [2.45, 2.75) is 39.8 Å². The molecule has 0 spiro atoms. The van der Waals surface area contributed by atoms with E-state index in [2.05, 4.69) is 94.9 Å². The highest BCUT2D eigenvalue weighted by Gasteiger charge is 2.42. The van der Waals surface area contributed by atoms with E-state index in [0.29, 0.717) is 5.11 Å². The lowest BCUT2D eigenvalue weighted by Crippen LogP contribution is -2.29. The van der Waals surface area contributed by atoms with Crippen molar-refractivity contribution in [3.63, 3.8) is 0 Å². The van der Waals surface area contributed by atoms with Crippen molar-refractivity contribution in [1.82, 2.24) is 19.9 Å². The van der Waals surface area contributed by atoms with Gasteiger partial charge in [-0.05, 0) is 87.4 Å². The van der Waals surface area contributed by atoms with Crippen LogP contribution in [-0.2, 0) is 0 Å². The largest absolute Gasteiger partial charge is 0.351 e. The number of benzene rings is 1. The molecule has 0 amide bonds. The minimum Gasteiger partial charge on any atom is -0.351 e. The van der Waals surface area contributed by atoms with E-state index in [-0.39, 0.29) is 12.1 Å². The molecule has 33 heavy (non-hydrogen) atoms. The fourth-order valence-electron chi connectivity index (χ4n) is 4.78. The number of hydrogen-bond acceptors (Lipinski definition) is 3. The quantitative estimate of drug-likeness (QED) is 0.403. The maximum atomic E-state index is 5.87. The van der Waals surface area contributed by atoms with Gasteiger partial charge in [0, 0.05) is 29.5 Å². The molecule has 1 N–H and O–H groups in total. The highest BCUT2D eigenvalue weighted by atomic mass is 32.1. The molecule has 2 atom stereocenters. The van der Waals surface area contributed by atoms with Crippen LogP contribution in [0.25, 0.3) is 5.82 Å². The fourth-order valence-corrected chi connectivity index (χ4v) is 5.12. The lowest BCUT2D eigenvalue weighted by Gasteiger charge is -2.28. The van der Waals surface area contributed by atoms with Crippen molar-refractivity contribution in [3.05, 3.63) is 107 Å². The lowest BCUT2D eigenvalue weighted by atomic mass is 9.96. The molecule has 4 aromatic rings. The average Bonchev–Trinajstić information content (AvgIpc) is 3.31. The maximum absolute atomic E-state index is 5.87. The Kier molecular flexibility index (Phi) is 5.46. The summed E-state index contributed by atoms with van der Waals surface area (Å²) in [5.74, 6) is 0.962. The zero-order chi connectivity index (χ0) is 23.1. The van der Waals surface area contributed by atoms with Gasteiger partial charge in [-0.15, -0.1) is 0 Å². The molecule has 5 nitrogen and oxygen atoms in total. The van der Waals surface area contributed by atoms with Crippen LogP contribution in [0, 0.1) is 27.7 Å². The Hall–Kier alpha value is -3.51. The van der Waals surface area contributed by atoms with Crippen molar-refractivity contribution in [2.75, 3.05) is 4.90 Å². The highest BCUT2D eigenvalue weighted by Crippen LogP contribution is 2.43. The Balaban J connectivity index is 1.69. The summed E-state index contributed by atoms with van der Waals surface area (Å²) in [5, 5.41) is 4.27. The van der Waals surface area contributed by atoms with E-state index < -0.39 is 0 Å². The van der Waals surface area contributed by atoms with Gasteiger partial charge in [0.25, 0.3) is 0 Å². The van der Waals surface area contributed by atoms with Crippen LogP contribution in [0.4, 0.5) is 5.69 Å². The molecule has 5 rings (SSSR count). The van der Waals surface area contributed by atoms with Crippen LogP contribution in [0.3, 0.4) is 0 Å². The predicted molar refractivity (Wildman–Crippen MR) is 137 cm³/mol. The van der Waals surface area contributed by atoms with Gasteiger partial charge < -0.3 is 14.8 Å². The maximum Gasteiger partial charge on any atom is 0.174 e. The standard InChI is InChI=1S/C27H27N5S/c1-17-10-12-21(13-11-17)32-25(24(30-27(32)33)23-9-5-6-14-28-23)22-16-19(3)31(20(22)4)26-18(2)8-7-15-29-26/h5-16,24-25H,1-4H3,(H,30,33)/t24-,25+/m1/s1. The van der Waals surface area contributed by atoms with Gasteiger partial charge in [-0.3, -0.25) is 4.98 Å². The van der Waals surface area contributed by atoms with Gasteiger partial charge in [-0.25, -0.2) is 4.98 Å². The first-order valence-electron chi connectivity index (χ1n) is 11.1. The zero-order valence-corrected chi connectivity index (χ0v) is 20.1. The zero-order valence-electron chi connectivity index (χ0n) is 19.3. The third-order valence-corrected chi connectivity index (χ3v) is 6.71. The number of pyridine rings is 2. The molecule has 166 valence electrons. The third kappa shape index (κ3) is 3.70. The smallest absolute Gasteiger partial charge is 0.174 e. The lowest BCUT2D eigenvalue weighted by molar-refractivity contribution is 0.565. The Morgan fingerprint density at radius 3 is 2.33 bits per heavy atom. The monoisotopic (exact) mass is 453 g/mol. The Morgan fingerprint density at radius 1 is 0.879 bits per heavy atom. The van der Waals surface area contributed by atoms with Gasteiger partial charge >= 0.3 is 0 Å². The van der Waals surface area contributed by atoms with Gasteiger partial charge in [0.05, 0.1) is 17.8 Å². The van der Waals surface area contributed by atoms with Crippen LogP contribution in [0.5, 0.6) is 0 Å². The molecule has 4 heterocycles. The summed E-state index contributed by atoms with van der Waals surface area (Å²) in [6, 6.07) is 20.8. The highest BCUT2D eigenvalue weighted by molar-refractivity contribution is 7.80. The molecule has 0 unspecified atom stereocenters. The Morgan fingerprint density at radius 2 is 1.64 bits per heavy atom. The van der Waals surface area contributed by atoms with E-state index >= 15 is 0 Å². The summed E-state index contributed by atoms with van der Waals surface area (Å²) >= 11 is 5.87. The number of rotatable bonds is 4. The second-order valence-corrected chi connectivity index (χ2v) is 9.02. The molecule has 6 heteroatoms. The molecule has 3 aromatic heterocycles. The summed E-state index contributed by atoms with van der Waals surface area (Å²) in [5.41, 5.74) is 7.91. The van der Waals surface area contributed by atoms with Crippen molar-refractivity contribution in [1.29, 1.82) is 0 Å². The van der Waals surface area contributed by atoms with Gasteiger partial charge in [0.2, 0.25) is 0 Å². The van der Waals surface area contributed by atoms with E-state index in [9.17, 15) is 0 Å². The fraction of sp³-hybridized carbons (Fsp3) is 0.222. The molecule has 1 aliphatic heterocycles. The molecule has 0 aliphatic carbocycles. The normalized spacial score (nSPS) is 17.9. The molecule has 0 saturated carbocycles. The van der Waals surface area contributed by atoms with Gasteiger partial charge in [-0.1, -0.05) is 29.8 Å². The minimum atomic E-state index is -0.0706. The molecule has 0 bridgehead atoms. The van der Waals surface area contributed by atoms with Crippen molar-refractivity contribution in [3.8, 4) is 5.82 Å². The average molecular weight is 454 g/mol. The topological polar surface area (TPSA) is 46.0 Å². The second-order valence-electron chi connectivity index (χ2n) is 8.64. The first kappa shape index (κ1) is 21.3. The van der Waals surface area contributed by atoms with Crippen LogP contribution in [0.15, 0.2) is 73.1 Å². The molecule has 1 fully saturated rings. The molecule has 0 radical (unpaired) electrons. The number of aryl methyl sites for hydroxylation is 3. The van der Waals surface area contributed by atoms with Gasteiger partial charge in [0.15, 0.2) is 5.11 Å². The summed E-state index contributed by atoms with van der Waals surface area (Å²) in [6.45, 7) is 8.50. The Labute approximate surface area is 200 Å². The van der Waals surface area contributed by atoms with Crippen LogP contribution in [-0.4, -0.2) is 19.6 Å². The van der Waals surface area contributed by atoms with E-state index in [0.717, 1.165) is 34.2 Å². The molecule has 1 aliphatic rings. The van der Waals surface area contributed by atoms with E-state index in [1.54, 1.807) is 0 Å². The number of nitrogens with one attached hydrogen (secondary N) is 1. The van der Waals surface area contributed by atoms with Crippen LogP contribution in [0.1, 0.15) is 45.9 Å². The summed E-state index contributed by atoms with van der Waals surface area (Å²) < 4.78 is 2.24. The summed E-state index contributed by atoms with van der Waals surface area (Å²) in [7, 11) is 0. The van der Waals surface area contributed by atoms with Crippen molar-refractivity contribution >= 4 is 23.0 Å². The van der Waals surface area contributed by atoms with Crippen LogP contribution >= 0.6 is 12.2 Å². The SMILES string of the molecule is Cc1ccc(N2C(=S)N[C@H](c3ccccn3)[C@@H]2c2cc(C)n(-c3ncccc3C)c2C)cc1. The number of anilines is 1. The Bertz CT molecular complexity index is 1310. The second kappa shape index (κ2) is 8.45. The summed E-state index contributed by atoms with van der Waals surface area (Å²) in [4.78, 5) is 11.6. The molecule has 1 saturated heterocycles. The van der Waals surface area contributed by atoms with Gasteiger partial charge in [0.1, 0.15) is 5.82 Å². The first-order valence-corrected chi connectivity index (χ1v) is 11.5. The van der Waals surface area contributed by atoms with Crippen molar-refractivity contribution < 1.29 is 0 Å². The van der Waals surface area contributed by atoms with E-state index in [1.165, 1.54) is 11.1 Å². The summed E-state index contributed by atoms with van der Waals surface area (Å²) in [6.07, 6.45) is 3.69. The first-order chi connectivity index (χ1) is 16.0. The van der Waals surface area contributed by atoms with Crippen LogP contribution < -0.4 is 10.2 Å². The molecular weight excluding hydrogens is 426 g/mol. The van der Waals surface area contributed by atoms with E-state index in [4.69, 9.17) is 12.2 Å². The van der Waals surface area contributed by atoms with E-state index in [1.807, 2.05) is 30.6 Å². The van der Waals surface area contributed by atoms with Gasteiger partial charge in [-0.2, -0.15) is 0 Å².